The van der Waals surface area contributed by atoms with E-state index in [1.807, 2.05) is 12.1 Å². The zero-order valence-corrected chi connectivity index (χ0v) is 23.9. The number of fused-ring (bicyclic) bond motifs is 1. The van der Waals surface area contributed by atoms with Gasteiger partial charge in [0.1, 0.15) is 5.65 Å². The van der Waals surface area contributed by atoms with Gasteiger partial charge in [0.15, 0.2) is 0 Å². The van der Waals surface area contributed by atoms with Crippen molar-refractivity contribution in [3.8, 4) is 0 Å². The summed E-state index contributed by atoms with van der Waals surface area (Å²) in [6.07, 6.45) is 4.18. The number of aromatic nitrogens is 3. The number of nitrogens with one attached hydrogen (secondary N) is 1. The molecule has 5 rings (SSSR count). The van der Waals surface area contributed by atoms with Crippen molar-refractivity contribution in [3.63, 3.8) is 0 Å². The maximum atomic E-state index is 12.8. The Bertz CT molecular complexity index is 1380. The summed E-state index contributed by atoms with van der Waals surface area (Å²) in [5.74, 6) is 0.416. The molecule has 0 aliphatic carbocycles. The largest absolute Gasteiger partial charge is 0.385 e. The van der Waals surface area contributed by atoms with Crippen molar-refractivity contribution in [2.45, 2.75) is 13.0 Å². The summed E-state index contributed by atoms with van der Waals surface area (Å²) < 4.78 is 6.88. The van der Waals surface area contributed by atoms with Crippen LogP contribution in [0.25, 0.3) is 11.0 Å². The molecule has 41 heavy (non-hydrogen) atoms. The summed E-state index contributed by atoms with van der Waals surface area (Å²) in [6.45, 7) is 13.7. The predicted molar refractivity (Wildman–Crippen MR) is 162 cm³/mol. The first-order valence-corrected chi connectivity index (χ1v) is 14.4. The molecule has 2 fully saturated rings. The van der Waals surface area contributed by atoms with E-state index in [0.29, 0.717) is 37.8 Å². The Kier molecular flexibility index (Phi) is 9.60. The Hall–Kier alpha value is -3.80. The Balaban J connectivity index is 1.20. The number of benzene rings is 1. The van der Waals surface area contributed by atoms with E-state index in [9.17, 15) is 9.59 Å². The van der Waals surface area contributed by atoms with Crippen molar-refractivity contribution >= 4 is 34.3 Å². The molecule has 2 aliphatic rings. The second-order valence-electron chi connectivity index (χ2n) is 10.5. The second kappa shape index (κ2) is 13.7. The van der Waals surface area contributed by atoms with Gasteiger partial charge in [-0.2, -0.15) is 4.98 Å². The van der Waals surface area contributed by atoms with Crippen LogP contribution in [0.1, 0.15) is 6.42 Å². The highest BCUT2D eigenvalue weighted by Gasteiger charge is 2.20. The second-order valence-corrected chi connectivity index (χ2v) is 10.5. The van der Waals surface area contributed by atoms with Crippen LogP contribution in [0.2, 0.25) is 0 Å². The minimum Gasteiger partial charge on any atom is -0.385 e. The van der Waals surface area contributed by atoms with Gasteiger partial charge in [0, 0.05) is 115 Å². The SMILES string of the molecule is C=CC(=O)N1CCN(CCn2c(=O)ccc3cnc(Nc4ccc(N5CCN(CCCOC)CC5)cc4)nc32)CC1. The number of pyridine rings is 1. The topological polar surface area (TPSA) is 99.1 Å². The van der Waals surface area contributed by atoms with Gasteiger partial charge >= 0.3 is 0 Å². The van der Waals surface area contributed by atoms with Crippen LogP contribution in [0.4, 0.5) is 17.3 Å². The van der Waals surface area contributed by atoms with Crippen LogP contribution in [0.5, 0.6) is 0 Å². The lowest BCUT2D eigenvalue weighted by molar-refractivity contribution is -0.127. The zero-order chi connectivity index (χ0) is 28.6. The molecule has 0 spiro atoms. The fraction of sp³-hybridized carbons (Fsp3) is 0.467. The Morgan fingerprint density at radius 3 is 2.37 bits per heavy atom. The van der Waals surface area contributed by atoms with E-state index in [2.05, 4.69) is 43.7 Å². The molecule has 0 bridgehead atoms. The first-order valence-electron chi connectivity index (χ1n) is 14.4. The van der Waals surface area contributed by atoms with E-state index in [-0.39, 0.29) is 11.5 Å². The number of rotatable bonds is 11. The van der Waals surface area contributed by atoms with E-state index >= 15 is 0 Å². The molecule has 2 aromatic heterocycles. The number of carbonyl (C=O) groups excluding carboxylic acids is 1. The van der Waals surface area contributed by atoms with Crippen LogP contribution in [0.15, 0.2) is 60.0 Å². The summed E-state index contributed by atoms with van der Waals surface area (Å²) in [6, 6.07) is 11.7. The van der Waals surface area contributed by atoms with Crippen LogP contribution in [-0.2, 0) is 16.1 Å². The molecule has 0 radical (unpaired) electrons. The third-order valence-corrected chi connectivity index (χ3v) is 7.91. The standard InChI is InChI=1S/C30H40N8O3/c1-3-27(39)37-19-14-35(15-20-37)16-21-38-28(40)10-5-24-23-31-30(33-29(24)38)32-25-6-8-26(9-7-25)36-17-12-34(13-18-36)11-4-22-41-2/h3,5-10,23H,1,4,11-22H2,2H3,(H,31,32,33). The van der Waals surface area contributed by atoms with Crippen LogP contribution in [-0.4, -0.2) is 114 Å². The van der Waals surface area contributed by atoms with Crippen molar-refractivity contribution in [1.82, 2.24) is 29.2 Å². The van der Waals surface area contributed by atoms with E-state index in [4.69, 9.17) is 9.72 Å². The van der Waals surface area contributed by atoms with Gasteiger partial charge < -0.3 is 19.9 Å². The molecular weight excluding hydrogens is 520 g/mol. The third kappa shape index (κ3) is 7.29. The monoisotopic (exact) mass is 560 g/mol. The molecular formula is C30H40N8O3. The average molecular weight is 561 g/mol. The maximum Gasteiger partial charge on any atom is 0.252 e. The van der Waals surface area contributed by atoms with Gasteiger partial charge in [-0.15, -0.1) is 0 Å². The number of ether oxygens (including phenoxy) is 1. The fourth-order valence-corrected chi connectivity index (χ4v) is 5.46. The molecule has 218 valence electrons. The number of carbonyl (C=O) groups is 1. The first-order chi connectivity index (χ1) is 20.0. The maximum absolute atomic E-state index is 12.8. The molecule has 11 heteroatoms. The summed E-state index contributed by atoms with van der Waals surface area (Å²) in [5, 5.41) is 4.12. The molecule has 2 aliphatic heterocycles. The van der Waals surface area contributed by atoms with Crippen molar-refractivity contribution < 1.29 is 9.53 Å². The quantitative estimate of drug-likeness (QED) is 0.279. The van der Waals surface area contributed by atoms with E-state index in [1.165, 1.54) is 11.8 Å². The fourth-order valence-electron chi connectivity index (χ4n) is 5.46. The van der Waals surface area contributed by atoms with Gasteiger partial charge in [-0.25, -0.2) is 4.98 Å². The number of hydrogen-bond acceptors (Lipinski definition) is 9. The van der Waals surface area contributed by atoms with Gasteiger partial charge in [-0.05, 0) is 42.8 Å². The lowest BCUT2D eigenvalue weighted by Gasteiger charge is -2.36. The lowest BCUT2D eigenvalue weighted by atomic mass is 10.2. The van der Waals surface area contributed by atoms with Gasteiger partial charge in [-0.1, -0.05) is 6.58 Å². The van der Waals surface area contributed by atoms with Crippen molar-refractivity contribution in [2.24, 2.45) is 0 Å². The Morgan fingerprint density at radius 1 is 0.951 bits per heavy atom. The average Bonchev–Trinajstić information content (AvgIpc) is 3.01. The molecule has 0 unspecified atom stereocenters. The highest BCUT2D eigenvalue weighted by atomic mass is 16.5. The normalized spacial score (nSPS) is 16.7. The number of piperazine rings is 2. The van der Waals surface area contributed by atoms with Crippen molar-refractivity contribution in [1.29, 1.82) is 0 Å². The minimum atomic E-state index is -0.0919. The van der Waals surface area contributed by atoms with Crippen LogP contribution in [0, 0.1) is 0 Å². The number of anilines is 3. The molecule has 1 amide bonds. The Labute approximate surface area is 241 Å². The molecule has 0 saturated carbocycles. The summed E-state index contributed by atoms with van der Waals surface area (Å²) in [7, 11) is 1.75. The minimum absolute atomic E-state index is 0.0338. The van der Waals surface area contributed by atoms with E-state index in [1.54, 1.807) is 34.9 Å². The smallest absolute Gasteiger partial charge is 0.252 e. The zero-order valence-electron chi connectivity index (χ0n) is 23.9. The van der Waals surface area contributed by atoms with E-state index in [0.717, 1.165) is 69.9 Å². The van der Waals surface area contributed by atoms with Gasteiger partial charge in [0.2, 0.25) is 11.9 Å². The third-order valence-electron chi connectivity index (χ3n) is 7.91. The van der Waals surface area contributed by atoms with Gasteiger partial charge in [0.05, 0.1) is 0 Å². The molecule has 2 saturated heterocycles. The molecule has 1 N–H and O–H groups in total. The first kappa shape index (κ1) is 28.7. The van der Waals surface area contributed by atoms with E-state index < -0.39 is 0 Å². The molecule has 11 nitrogen and oxygen atoms in total. The number of nitrogens with zero attached hydrogens (tertiary/aromatic N) is 7. The number of hydrogen-bond donors (Lipinski definition) is 1. The lowest BCUT2D eigenvalue weighted by Crippen LogP contribution is -2.49. The molecule has 0 atom stereocenters. The van der Waals surface area contributed by atoms with Crippen LogP contribution >= 0.6 is 0 Å². The van der Waals surface area contributed by atoms with Crippen molar-refractivity contribution in [3.05, 3.63) is 65.6 Å². The van der Waals surface area contributed by atoms with Crippen LogP contribution in [0.3, 0.4) is 0 Å². The van der Waals surface area contributed by atoms with Crippen molar-refractivity contribution in [2.75, 3.05) is 89.4 Å². The number of amides is 1. The van der Waals surface area contributed by atoms with Gasteiger partial charge in [0.25, 0.3) is 5.56 Å². The highest BCUT2D eigenvalue weighted by molar-refractivity contribution is 5.87. The summed E-state index contributed by atoms with van der Waals surface area (Å²) >= 11 is 0. The Morgan fingerprint density at radius 2 is 1.66 bits per heavy atom. The molecule has 4 heterocycles. The highest BCUT2D eigenvalue weighted by Crippen LogP contribution is 2.22. The number of methoxy groups -OCH3 is 1. The molecule has 1 aromatic carbocycles. The summed E-state index contributed by atoms with van der Waals surface area (Å²) in [4.78, 5) is 42.9. The van der Waals surface area contributed by atoms with Crippen LogP contribution < -0.4 is 15.8 Å². The predicted octanol–water partition coefficient (Wildman–Crippen LogP) is 2.02. The summed E-state index contributed by atoms with van der Waals surface area (Å²) in [5.41, 5.74) is 2.61. The molecule has 3 aromatic rings. The van der Waals surface area contributed by atoms with Gasteiger partial charge in [-0.3, -0.25) is 24.0 Å².